The Hall–Kier alpha value is -1.90. The summed E-state index contributed by atoms with van der Waals surface area (Å²) in [5, 5.41) is 18.6. The van der Waals surface area contributed by atoms with Crippen LogP contribution in [0.3, 0.4) is 0 Å². The molecule has 106 valence electrons. The molecule has 0 aliphatic heterocycles. The number of hydrogen-bond acceptors (Lipinski definition) is 8. The van der Waals surface area contributed by atoms with Gasteiger partial charge in [0.2, 0.25) is 0 Å². The molecular weight excluding hydrogens is 335 g/mol. The third kappa shape index (κ3) is 2.78. The monoisotopic (exact) mass is 340 g/mol. The van der Waals surface area contributed by atoms with Crippen molar-refractivity contribution in [3.8, 4) is 5.75 Å². The van der Waals surface area contributed by atoms with E-state index in [1.54, 1.807) is 13.1 Å². The molecule has 0 bridgehead atoms. The molecule has 0 spiro atoms. The van der Waals surface area contributed by atoms with Gasteiger partial charge in [-0.25, -0.2) is 15.0 Å². The number of aromatic nitrogens is 4. The maximum atomic E-state index is 9.37. The molecule has 1 N–H and O–H groups in total. The molecule has 3 rings (SSSR count). The summed E-state index contributed by atoms with van der Waals surface area (Å²) in [7, 11) is 0. The van der Waals surface area contributed by atoms with Crippen molar-refractivity contribution in [1.82, 2.24) is 19.3 Å². The van der Waals surface area contributed by atoms with Gasteiger partial charge in [0.1, 0.15) is 5.82 Å². The Morgan fingerprint density at radius 1 is 1.24 bits per heavy atom. The van der Waals surface area contributed by atoms with E-state index >= 15 is 0 Å². The van der Waals surface area contributed by atoms with E-state index in [4.69, 9.17) is 23.2 Å². The SMILES string of the molecule is Cc1ncc2c(N=Nc3nc(Cl)c(O)cc3Cl)snc2n1. The van der Waals surface area contributed by atoms with Crippen molar-refractivity contribution < 1.29 is 5.11 Å². The molecule has 0 aromatic carbocycles. The fraction of sp³-hybridized carbons (Fsp3) is 0.0909. The first-order chi connectivity index (χ1) is 10.0. The van der Waals surface area contributed by atoms with Crippen molar-refractivity contribution in [2.24, 2.45) is 10.2 Å². The van der Waals surface area contributed by atoms with Gasteiger partial charge in [-0.3, -0.25) is 0 Å². The quantitative estimate of drug-likeness (QED) is 0.556. The van der Waals surface area contributed by atoms with E-state index in [0.29, 0.717) is 21.9 Å². The molecule has 0 aliphatic carbocycles. The molecule has 0 radical (unpaired) electrons. The second kappa shape index (κ2) is 5.47. The Balaban J connectivity index is 2.00. The molecule has 0 amide bonds. The van der Waals surface area contributed by atoms with Crippen molar-refractivity contribution in [2.45, 2.75) is 6.92 Å². The van der Waals surface area contributed by atoms with Crippen molar-refractivity contribution in [3.05, 3.63) is 28.3 Å². The molecule has 3 aromatic heterocycles. The highest BCUT2D eigenvalue weighted by atomic mass is 35.5. The summed E-state index contributed by atoms with van der Waals surface area (Å²) in [5.41, 5.74) is 0.559. The van der Waals surface area contributed by atoms with Crippen LogP contribution < -0.4 is 0 Å². The largest absolute Gasteiger partial charge is 0.505 e. The molecule has 10 heteroatoms. The van der Waals surface area contributed by atoms with E-state index in [-0.39, 0.29) is 21.7 Å². The molecule has 0 atom stereocenters. The fourth-order valence-electron chi connectivity index (χ4n) is 1.50. The van der Waals surface area contributed by atoms with Gasteiger partial charge in [0.05, 0.1) is 10.4 Å². The van der Waals surface area contributed by atoms with Crippen LogP contribution >= 0.6 is 34.7 Å². The van der Waals surface area contributed by atoms with Gasteiger partial charge in [-0.2, -0.15) is 4.37 Å². The molecule has 7 nitrogen and oxygen atoms in total. The lowest BCUT2D eigenvalue weighted by Gasteiger charge is -1.99. The second-order valence-electron chi connectivity index (χ2n) is 3.95. The van der Waals surface area contributed by atoms with Gasteiger partial charge in [0.15, 0.2) is 27.4 Å². The van der Waals surface area contributed by atoms with Crippen molar-refractivity contribution in [1.29, 1.82) is 0 Å². The van der Waals surface area contributed by atoms with Crippen LogP contribution in [0.25, 0.3) is 11.0 Å². The lowest BCUT2D eigenvalue weighted by atomic mass is 10.4. The van der Waals surface area contributed by atoms with E-state index in [9.17, 15) is 5.11 Å². The number of pyridine rings is 1. The minimum atomic E-state index is -0.215. The van der Waals surface area contributed by atoms with Gasteiger partial charge in [0.25, 0.3) is 0 Å². The predicted molar refractivity (Wildman–Crippen MR) is 80.0 cm³/mol. The van der Waals surface area contributed by atoms with Gasteiger partial charge in [-0.05, 0) is 18.5 Å². The third-order valence-corrected chi connectivity index (χ3v) is 3.76. The minimum absolute atomic E-state index is 0.0959. The maximum absolute atomic E-state index is 9.37. The summed E-state index contributed by atoms with van der Waals surface area (Å²) in [5.74, 6) is 0.521. The highest BCUT2D eigenvalue weighted by molar-refractivity contribution is 7.11. The van der Waals surface area contributed by atoms with E-state index in [2.05, 4.69) is 29.6 Å². The number of fused-ring (bicyclic) bond motifs is 1. The van der Waals surface area contributed by atoms with E-state index in [1.165, 1.54) is 6.07 Å². The molecule has 0 aliphatic rings. The highest BCUT2D eigenvalue weighted by Crippen LogP contribution is 2.34. The second-order valence-corrected chi connectivity index (χ2v) is 5.46. The summed E-state index contributed by atoms with van der Waals surface area (Å²) in [6.07, 6.45) is 1.63. The maximum Gasteiger partial charge on any atom is 0.194 e. The first-order valence-electron chi connectivity index (χ1n) is 5.60. The van der Waals surface area contributed by atoms with Gasteiger partial charge in [-0.15, -0.1) is 10.2 Å². The summed E-state index contributed by atoms with van der Waals surface area (Å²) in [6.45, 7) is 1.78. The fourth-order valence-corrected chi connectivity index (χ4v) is 2.45. The highest BCUT2D eigenvalue weighted by Gasteiger charge is 2.10. The summed E-state index contributed by atoms with van der Waals surface area (Å²) < 4.78 is 4.16. The summed E-state index contributed by atoms with van der Waals surface area (Å²) in [4.78, 5) is 12.1. The van der Waals surface area contributed by atoms with Crippen LogP contribution in [0.1, 0.15) is 5.82 Å². The first-order valence-corrected chi connectivity index (χ1v) is 7.13. The van der Waals surface area contributed by atoms with Gasteiger partial charge in [0, 0.05) is 12.3 Å². The van der Waals surface area contributed by atoms with Crippen LogP contribution in [0.2, 0.25) is 10.2 Å². The van der Waals surface area contributed by atoms with Gasteiger partial charge < -0.3 is 5.11 Å². The first kappa shape index (κ1) is 14.1. The number of aromatic hydroxyl groups is 1. The lowest BCUT2D eigenvalue weighted by Crippen LogP contribution is -1.85. The molecule has 0 unspecified atom stereocenters. The molecule has 21 heavy (non-hydrogen) atoms. The molecule has 0 fully saturated rings. The smallest absolute Gasteiger partial charge is 0.194 e. The number of halogens is 2. The number of azo groups is 1. The molecular formula is C11H6Cl2N6OS. The van der Waals surface area contributed by atoms with Crippen LogP contribution in [0, 0.1) is 6.92 Å². The van der Waals surface area contributed by atoms with E-state index in [0.717, 1.165) is 11.5 Å². The molecule has 0 saturated heterocycles. The number of aryl methyl sites for hydroxylation is 1. The van der Waals surface area contributed by atoms with Crippen molar-refractivity contribution >= 4 is 56.6 Å². The zero-order chi connectivity index (χ0) is 15.0. The minimum Gasteiger partial charge on any atom is -0.505 e. The van der Waals surface area contributed by atoms with Crippen LogP contribution in [-0.2, 0) is 0 Å². The third-order valence-electron chi connectivity index (χ3n) is 2.47. The lowest BCUT2D eigenvalue weighted by molar-refractivity contribution is 0.473. The number of hydrogen-bond donors (Lipinski definition) is 1. The van der Waals surface area contributed by atoms with Gasteiger partial charge in [-0.1, -0.05) is 23.2 Å². The topological polar surface area (TPSA) is 96.5 Å². The Bertz CT molecular complexity index is 865. The number of rotatable bonds is 2. The van der Waals surface area contributed by atoms with E-state index < -0.39 is 0 Å². The molecule has 0 saturated carbocycles. The van der Waals surface area contributed by atoms with Crippen molar-refractivity contribution in [3.63, 3.8) is 0 Å². The number of nitrogens with zero attached hydrogens (tertiary/aromatic N) is 6. The van der Waals surface area contributed by atoms with Crippen molar-refractivity contribution in [2.75, 3.05) is 0 Å². The van der Waals surface area contributed by atoms with Crippen LogP contribution in [0.5, 0.6) is 5.75 Å². The average Bonchev–Trinajstić information content (AvgIpc) is 2.83. The standard InChI is InChI=1S/C11H6Cl2N6OS/c1-4-14-3-5-9(15-4)19-21-11(5)18-17-10-6(12)2-7(20)8(13)16-10/h2-3,20H,1H3. The van der Waals surface area contributed by atoms with Crippen LogP contribution in [0.4, 0.5) is 10.8 Å². The Kier molecular flexibility index (Phi) is 3.66. The molecule has 3 aromatic rings. The van der Waals surface area contributed by atoms with Gasteiger partial charge >= 0.3 is 0 Å². The van der Waals surface area contributed by atoms with Crippen LogP contribution in [-0.4, -0.2) is 24.4 Å². The Labute approximate surface area is 132 Å². The Morgan fingerprint density at radius 3 is 2.86 bits per heavy atom. The summed E-state index contributed by atoms with van der Waals surface area (Å²) in [6, 6.07) is 1.25. The summed E-state index contributed by atoms with van der Waals surface area (Å²) >= 11 is 12.8. The zero-order valence-electron chi connectivity index (χ0n) is 10.4. The molecule has 3 heterocycles. The Morgan fingerprint density at radius 2 is 2.05 bits per heavy atom. The average molecular weight is 341 g/mol. The normalized spacial score (nSPS) is 11.6. The van der Waals surface area contributed by atoms with E-state index in [1.807, 2.05) is 0 Å². The zero-order valence-corrected chi connectivity index (χ0v) is 12.8. The van der Waals surface area contributed by atoms with Crippen LogP contribution in [0.15, 0.2) is 22.5 Å². The predicted octanol–water partition coefficient (Wildman–Crippen LogP) is 4.22.